The molecule has 0 saturated heterocycles. The van der Waals surface area contributed by atoms with E-state index in [1.807, 2.05) is 11.5 Å². The third kappa shape index (κ3) is 3.31. The Morgan fingerprint density at radius 2 is 2.13 bits per heavy atom. The van der Waals surface area contributed by atoms with Crippen LogP contribution in [0.25, 0.3) is 0 Å². The predicted molar refractivity (Wildman–Crippen MR) is 51.0 cm³/mol. The molecule has 0 aliphatic rings. The third-order valence-electron chi connectivity index (χ3n) is 1.46. The maximum absolute atomic E-state index is 10.1. The van der Waals surface area contributed by atoms with Crippen LogP contribution in [0.1, 0.15) is 5.56 Å². The van der Waals surface area contributed by atoms with E-state index in [2.05, 4.69) is 4.99 Å². The van der Waals surface area contributed by atoms with E-state index in [0.29, 0.717) is 11.3 Å². The largest absolute Gasteiger partial charge is 0.365 e. The van der Waals surface area contributed by atoms with E-state index in [9.17, 15) is 4.91 Å². The van der Waals surface area contributed by atoms with Gasteiger partial charge in [0.05, 0.1) is 17.3 Å². The van der Waals surface area contributed by atoms with Crippen LogP contribution < -0.4 is 11.2 Å². The van der Waals surface area contributed by atoms with Gasteiger partial charge in [0, 0.05) is 0 Å². The minimum atomic E-state index is -0.553. The van der Waals surface area contributed by atoms with Crippen molar-refractivity contribution in [3.8, 4) is 6.07 Å². The van der Waals surface area contributed by atoms with E-state index in [1.165, 1.54) is 0 Å². The molecule has 0 heterocycles. The van der Waals surface area contributed by atoms with Crippen molar-refractivity contribution in [2.45, 2.75) is 0 Å². The summed E-state index contributed by atoms with van der Waals surface area (Å²) in [5, 5.41) is 16.2. The summed E-state index contributed by atoms with van der Waals surface area (Å²) < 4.78 is 0. The topological polar surface area (TPSA) is 115 Å². The molecule has 1 aromatic carbocycles. The molecule has 0 amide bonds. The van der Waals surface area contributed by atoms with Gasteiger partial charge in [0.25, 0.3) is 5.96 Å². The number of nitrogens with zero attached hydrogens (tertiary/aromatic N) is 3. The number of hydrogen-bond donors (Lipinski definition) is 3. The number of nitrogens with two attached hydrogens (primary N) is 1. The number of nitriles is 1. The molecule has 0 aromatic heterocycles. The molecular weight excluding hydrogens is 198 g/mol. The van der Waals surface area contributed by atoms with Gasteiger partial charge in [-0.2, -0.15) is 5.26 Å². The highest BCUT2D eigenvalue weighted by atomic mass is 16.7. The van der Waals surface area contributed by atoms with Crippen LogP contribution in [-0.4, -0.2) is 16.2 Å². The molecule has 1 rings (SSSR count). The van der Waals surface area contributed by atoms with Gasteiger partial charge >= 0.3 is 5.03 Å². The number of benzene rings is 1. The average molecular weight is 206 g/mol. The Morgan fingerprint density at radius 1 is 1.53 bits per heavy atom. The average Bonchev–Trinajstić information content (AvgIpc) is 2.17. The third-order valence-corrected chi connectivity index (χ3v) is 1.46. The molecule has 0 fully saturated rings. The maximum Gasteiger partial charge on any atom is 0.362 e. The van der Waals surface area contributed by atoms with Gasteiger partial charge in [-0.1, -0.05) is 0 Å². The fraction of sp³-hybridized carbons (Fsp3) is 0. The maximum atomic E-state index is 10.1. The van der Waals surface area contributed by atoms with Crippen molar-refractivity contribution < 1.29 is 10.2 Å². The number of guanidine groups is 1. The van der Waals surface area contributed by atoms with Crippen LogP contribution in [0.2, 0.25) is 0 Å². The molecule has 0 atom stereocenters. The van der Waals surface area contributed by atoms with E-state index >= 15 is 0 Å². The van der Waals surface area contributed by atoms with E-state index in [0.717, 1.165) is 0 Å². The van der Waals surface area contributed by atoms with Gasteiger partial charge in [-0.15, -0.1) is 0 Å². The lowest BCUT2D eigenvalue weighted by atomic mass is 10.2. The highest BCUT2D eigenvalue weighted by Crippen LogP contribution is 2.11. The number of hydrazine groups is 1. The summed E-state index contributed by atoms with van der Waals surface area (Å²) in [6, 6.07) is 8.17. The summed E-state index contributed by atoms with van der Waals surface area (Å²) in [5.41, 5.74) is 8.02. The summed E-state index contributed by atoms with van der Waals surface area (Å²) in [5.74, 6) is -0.253. The van der Waals surface area contributed by atoms with Gasteiger partial charge in [0.15, 0.2) is 0 Å². The van der Waals surface area contributed by atoms with Crippen molar-refractivity contribution in [1.82, 2.24) is 5.43 Å². The minimum absolute atomic E-state index is 0.253. The molecule has 1 aromatic rings. The smallest absolute Gasteiger partial charge is 0.362 e. The van der Waals surface area contributed by atoms with E-state index < -0.39 is 5.03 Å². The number of nitrogens with one attached hydrogen (secondary N) is 1. The summed E-state index contributed by atoms with van der Waals surface area (Å²) in [7, 11) is 0. The number of rotatable bonds is 2. The normalized spacial score (nSPS) is 10.5. The van der Waals surface area contributed by atoms with Crippen molar-refractivity contribution in [1.29, 1.82) is 5.26 Å². The van der Waals surface area contributed by atoms with Crippen LogP contribution >= 0.6 is 0 Å². The molecule has 15 heavy (non-hydrogen) atoms. The van der Waals surface area contributed by atoms with E-state index in [4.69, 9.17) is 16.2 Å². The molecule has 0 aliphatic carbocycles. The van der Waals surface area contributed by atoms with Crippen molar-refractivity contribution in [3.05, 3.63) is 34.7 Å². The molecule has 7 heteroatoms. The van der Waals surface area contributed by atoms with Crippen molar-refractivity contribution in [3.63, 3.8) is 0 Å². The molecule has 0 spiro atoms. The van der Waals surface area contributed by atoms with Crippen molar-refractivity contribution in [2.75, 3.05) is 0 Å². The van der Waals surface area contributed by atoms with E-state index in [-0.39, 0.29) is 5.96 Å². The van der Waals surface area contributed by atoms with Crippen LogP contribution in [-0.2, 0) is 0 Å². The first-order valence-electron chi connectivity index (χ1n) is 3.89. The zero-order valence-electron chi connectivity index (χ0n) is 7.58. The first kappa shape index (κ1) is 10.5. The van der Waals surface area contributed by atoms with Crippen LogP contribution in [0, 0.1) is 16.2 Å². The molecule has 76 valence electrons. The molecule has 4 N–H and O–H groups in total. The standard InChI is InChI=1S/C8H8N5O2/c9-5-6-1-3-7(4-2-6)11-8(10)12-13(14)15/h1-4H,(H,14,15)(H3,10,11,12)/q+1. The highest BCUT2D eigenvalue weighted by molar-refractivity contribution is 5.79. The molecular formula is C8H8N5O2+. The van der Waals surface area contributed by atoms with Gasteiger partial charge < -0.3 is 5.73 Å². The molecule has 0 unspecified atom stereocenters. The molecule has 0 radical (unpaired) electrons. The Bertz CT molecular complexity index is 431. The summed E-state index contributed by atoms with van der Waals surface area (Å²) >= 11 is 0. The minimum Gasteiger partial charge on any atom is -0.365 e. The van der Waals surface area contributed by atoms with Crippen LogP contribution in [0.4, 0.5) is 5.69 Å². The summed E-state index contributed by atoms with van der Waals surface area (Å²) in [6.07, 6.45) is 0. The second-order valence-corrected chi connectivity index (χ2v) is 2.54. The lowest BCUT2D eigenvalue weighted by molar-refractivity contribution is -0.822. The van der Waals surface area contributed by atoms with Gasteiger partial charge in [-0.05, 0) is 29.7 Å². The zero-order chi connectivity index (χ0) is 11.3. The number of hydrogen-bond acceptors (Lipinski definition) is 3. The molecule has 7 nitrogen and oxygen atoms in total. The fourth-order valence-corrected chi connectivity index (χ4v) is 0.873. The monoisotopic (exact) mass is 206 g/mol. The quantitative estimate of drug-likeness (QED) is 0.362. The van der Waals surface area contributed by atoms with Gasteiger partial charge in [0.1, 0.15) is 4.91 Å². The zero-order valence-corrected chi connectivity index (χ0v) is 7.58. The Morgan fingerprint density at radius 3 is 2.60 bits per heavy atom. The molecule has 0 bridgehead atoms. The number of aliphatic imine (C=N–C) groups is 1. The van der Waals surface area contributed by atoms with Gasteiger partial charge in [-0.3, -0.25) is 0 Å². The van der Waals surface area contributed by atoms with Crippen LogP contribution in [0.3, 0.4) is 0 Å². The Labute approximate surface area is 85.0 Å². The van der Waals surface area contributed by atoms with Crippen molar-refractivity contribution >= 4 is 11.6 Å². The van der Waals surface area contributed by atoms with Crippen molar-refractivity contribution in [2.24, 2.45) is 10.7 Å². The first-order valence-corrected chi connectivity index (χ1v) is 3.89. The Hall–Kier alpha value is -2.62. The molecule has 0 aliphatic heterocycles. The SMILES string of the molecule is N#Cc1ccc(N=C(N)N[N+](=O)O)cc1. The Balaban J connectivity index is 2.80. The first-order chi connectivity index (χ1) is 7.11. The van der Waals surface area contributed by atoms with E-state index in [1.54, 1.807) is 24.3 Å². The summed E-state index contributed by atoms with van der Waals surface area (Å²) in [4.78, 5) is 13.8. The summed E-state index contributed by atoms with van der Waals surface area (Å²) in [6.45, 7) is 0. The second kappa shape index (κ2) is 4.57. The highest BCUT2D eigenvalue weighted by Gasteiger charge is 2.04. The Kier molecular flexibility index (Phi) is 3.19. The fourth-order valence-electron chi connectivity index (χ4n) is 0.873. The van der Waals surface area contributed by atoms with Crippen LogP contribution in [0.5, 0.6) is 0 Å². The second-order valence-electron chi connectivity index (χ2n) is 2.54. The van der Waals surface area contributed by atoms with Crippen LogP contribution in [0.15, 0.2) is 29.3 Å². The molecule has 0 saturated carbocycles. The van der Waals surface area contributed by atoms with Gasteiger partial charge in [0.2, 0.25) is 0 Å². The lowest BCUT2D eigenvalue weighted by Crippen LogP contribution is -2.36. The van der Waals surface area contributed by atoms with Gasteiger partial charge in [-0.25, -0.2) is 10.2 Å². The predicted octanol–water partition coefficient (Wildman–Crippen LogP) is 0.177. The lowest BCUT2D eigenvalue weighted by Gasteiger charge is -1.94.